The molecule has 0 fully saturated rings. The first kappa shape index (κ1) is 11.3. The van der Waals surface area contributed by atoms with Gasteiger partial charge in [0.15, 0.2) is 5.11 Å². The van der Waals surface area contributed by atoms with Crippen molar-refractivity contribution in [3.05, 3.63) is 11.6 Å². The van der Waals surface area contributed by atoms with Crippen molar-refractivity contribution in [2.75, 3.05) is 14.1 Å². The van der Waals surface area contributed by atoms with E-state index in [1.807, 2.05) is 0 Å². The Labute approximate surface area is 77.3 Å². The van der Waals surface area contributed by atoms with Crippen molar-refractivity contribution in [1.82, 2.24) is 10.2 Å². The van der Waals surface area contributed by atoms with Crippen LogP contribution in [0.4, 0.5) is 0 Å². The van der Waals surface area contributed by atoms with Gasteiger partial charge in [0.25, 0.3) is 0 Å². The maximum Gasteiger partial charge on any atom is 0.232 e. The molecule has 0 aliphatic rings. The normalized spacial score (nSPS) is 11.6. The molecule has 0 aliphatic heterocycles. The van der Waals surface area contributed by atoms with E-state index in [0.29, 0.717) is 5.11 Å². The number of thiocarbonyl (C=S) groups is 1. The molecule has 70 valence electrons. The third kappa shape index (κ3) is 5.05. The monoisotopic (exact) mass is 209 g/mol. The Bertz CT molecular complexity index is 283. The van der Waals surface area contributed by atoms with Gasteiger partial charge in [0.2, 0.25) is 10.0 Å². The van der Waals surface area contributed by atoms with Crippen LogP contribution in [0.1, 0.15) is 0 Å². The van der Waals surface area contributed by atoms with Crippen molar-refractivity contribution in [3.8, 4) is 0 Å². The largest absolute Gasteiger partial charge is 0.365 e. The summed E-state index contributed by atoms with van der Waals surface area (Å²) in [4.78, 5) is 1.43. The zero-order valence-electron chi connectivity index (χ0n) is 6.81. The first-order chi connectivity index (χ1) is 5.37. The number of primary sulfonamides is 1. The van der Waals surface area contributed by atoms with Crippen LogP contribution in [-0.2, 0) is 10.0 Å². The Morgan fingerprint density at radius 1 is 1.67 bits per heavy atom. The second kappa shape index (κ2) is 4.39. The molecule has 3 N–H and O–H groups in total. The summed E-state index contributed by atoms with van der Waals surface area (Å²) in [7, 11) is -0.316. The van der Waals surface area contributed by atoms with Gasteiger partial charge in [0.1, 0.15) is 0 Å². The van der Waals surface area contributed by atoms with E-state index in [0.717, 1.165) is 5.41 Å². The highest BCUT2D eigenvalue weighted by Gasteiger charge is 1.98. The van der Waals surface area contributed by atoms with Crippen molar-refractivity contribution < 1.29 is 8.42 Å². The number of nitrogens with zero attached hydrogens (tertiary/aromatic N) is 1. The van der Waals surface area contributed by atoms with Gasteiger partial charge in [-0.1, -0.05) is 0 Å². The van der Waals surface area contributed by atoms with E-state index in [-0.39, 0.29) is 0 Å². The predicted octanol–water partition coefficient (Wildman–Crippen LogP) is -0.818. The van der Waals surface area contributed by atoms with Crippen molar-refractivity contribution in [2.24, 2.45) is 5.14 Å². The van der Waals surface area contributed by atoms with Gasteiger partial charge in [-0.15, -0.1) is 0 Å². The summed E-state index contributed by atoms with van der Waals surface area (Å²) in [6.07, 6.45) is 1.27. The zero-order valence-corrected chi connectivity index (χ0v) is 8.45. The standard InChI is InChI=1S/C5H11N3O2S2/c1-7-5(11)8(2)3-4-12(6,9)10/h3-4H,1-2H3,(H,7,11)(H2,6,9,10)/b4-3+. The third-order valence-corrected chi connectivity index (χ3v) is 2.00. The molecule has 0 atom stereocenters. The van der Waals surface area contributed by atoms with Crippen LogP contribution in [-0.4, -0.2) is 32.5 Å². The number of hydrogen-bond acceptors (Lipinski definition) is 3. The lowest BCUT2D eigenvalue weighted by Crippen LogP contribution is -2.30. The van der Waals surface area contributed by atoms with E-state index in [2.05, 4.69) is 5.32 Å². The number of hydrogen-bond donors (Lipinski definition) is 2. The molecular weight excluding hydrogens is 198 g/mol. The van der Waals surface area contributed by atoms with Gasteiger partial charge in [-0.2, -0.15) is 0 Å². The van der Waals surface area contributed by atoms with E-state index in [9.17, 15) is 8.42 Å². The van der Waals surface area contributed by atoms with Crippen LogP contribution in [0.5, 0.6) is 0 Å². The maximum atomic E-state index is 10.4. The van der Waals surface area contributed by atoms with Gasteiger partial charge in [-0.3, -0.25) is 0 Å². The Kier molecular flexibility index (Phi) is 4.15. The van der Waals surface area contributed by atoms with Crippen molar-refractivity contribution in [2.45, 2.75) is 0 Å². The third-order valence-electron chi connectivity index (χ3n) is 1.01. The molecule has 0 spiro atoms. The molecule has 0 aromatic rings. The van der Waals surface area contributed by atoms with Crippen LogP contribution < -0.4 is 10.5 Å². The quantitative estimate of drug-likeness (QED) is 0.581. The highest BCUT2D eigenvalue weighted by Crippen LogP contribution is 1.88. The summed E-state index contributed by atoms with van der Waals surface area (Å²) >= 11 is 4.79. The maximum absolute atomic E-state index is 10.4. The SMILES string of the molecule is CNC(=S)N(C)/C=C/S(N)(=O)=O. The van der Waals surface area contributed by atoms with Crippen molar-refractivity contribution in [1.29, 1.82) is 0 Å². The van der Waals surface area contributed by atoms with Crippen LogP contribution >= 0.6 is 12.2 Å². The minimum Gasteiger partial charge on any atom is -0.365 e. The molecule has 0 radical (unpaired) electrons. The van der Waals surface area contributed by atoms with Crippen molar-refractivity contribution >= 4 is 27.4 Å². The smallest absolute Gasteiger partial charge is 0.232 e. The van der Waals surface area contributed by atoms with E-state index in [1.165, 1.54) is 11.1 Å². The molecule has 0 saturated heterocycles. The minimum absolute atomic E-state index is 0.412. The van der Waals surface area contributed by atoms with Crippen molar-refractivity contribution in [3.63, 3.8) is 0 Å². The lowest BCUT2D eigenvalue weighted by molar-refractivity contribution is 0.604. The fraction of sp³-hybridized carbons (Fsp3) is 0.400. The second-order valence-electron chi connectivity index (χ2n) is 2.04. The van der Waals surface area contributed by atoms with Gasteiger partial charge in [-0.25, -0.2) is 13.6 Å². The summed E-state index contributed by atoms with van der Waals surface area (Å²) in [5.41, 5.74) is 0. The van der Waals surface area contributed by atoms with Crippen LogP contribution in [0.15, 0.2) is 11.6 Å². The topological polar surface area (TPSA) is 75.4 Å². The molecule has 0 aliphatic carbocycles. The molecule has 0 saturated carbocycles. The molecule has 0 rings (SSSR count). The number of sulfonamides is 1. The summed E-state index contributed by atoms with van der Waals surface area (Å²) in [6.45, 7) is 0. The molecule has 0 aromatic heterocycles. The van der Waals surface area contributed by atoms with Crippen LogP contribution in [0.25, 0.3) is 0 Å². The summed E-state index contributed by atoms with van der Waals surface area (Å²) in [5, 5.41) is 8.68. The number of nitrogens with one attached hydrogen (secondary N) is 1. The fourth-order valence-corrected chi connectivity index (χ4v) is 0.833. The Balaban J connectivity index is 4.28. The van der Waals surface area contributed by atoms with Gasteiger partial charge < -0.3 is 10.2 Å². The molecule has 5 nitrogen and oxygen atoms in total. The Hall–Kier alpha value is -0.660. The average Bonchev–Trinajstić information content (AvgIpc) is 1.97. The van der Waals surface area contributed by atoms with Gasteiger partial charge >= 0.3 is 0 Å². The number of nitrogens with two attached hydrogens (primary N) is 1. The Morgan fingerprint density at radius 3 is 2.50 bits per heavy atom. The summed E-state index contributed by atoms with van der Waals surface area (Å²) < 4.78 is 20.9. The van der Waals surface area contributed by atoms with E-state index in [4.69, 9.17) is 17.4 Å². The van der Waals surface area contributed by atoms with Gasteiger partial charge in [0, 0.05) is 20.3 Å². The minimum atomic E-state index is -3.57. The average molecular weight is 209 g/mol. The first-order valence-corrected chi connectivity index (χ1v) is 5.04. The lowest BCUT2D eigenvalue weighted by atomic mass is 10.8. The molecule has 7 heteroatoms. The second-order valence-corrected chi connectivity index (χ2v) is 3.88. The van der Waals surface area contributed by atoms with E-state index in [1.54, 1.807) is 14.1 Å². The van der Waals surface area contributed by atoms with E-state index >= 15 is 0 Å². The molecule has 0 heterocycles. The molecule has 0 unspecified atom stereocenters. The van der Waals surface area contributed by atoms with E-state index < -0.39 is 10.0 Å². The van der Waals surface area contributed by atoms with Crippen LogP contribution in [0.3, 0.4) is 0 Å². The zero-order chi connectivity index (χ0) is 9.78. The van der Waals surface area contributed by atoms with Crippen LogP contribution in [0.2, 0.25) is 0 Å². The predicted molar refractivity (Wildman–Crippen MR) is 51.7 cm³/mol. The Morgan fingerprint density at radius 2 is 2.17 bits per heavy atom. The van der Waals surface area contributed by atoms with Gasteiger partial charge in [0.05, 0.1) is 5.41 Å². The fourth-order valence-electron chi connectivity index (χ4n) is 0.420. The summed E-state index contributed by atoms with van der Waals surface area (Å²) in [6, 6.07) is 0. The first-order valence-electron chi connectivity index (χ1n) is 3.02. The molecule has 12 heavy (non-hydrogen) atoms. The molecule has 0 bridgehead atoms. The lowest BCUT2D eigenvalue weighted by Gasteiger charge is -2.13. The molecule has 0 aromatic carbocycles. The highest BCUT2D eigenvalue weighted by molar-refractivity contribution is 7.92. The molecular formula is C5H11N3O2S2. The molecule has 0 amide bonds. The summed E-state index contributed by atoms with van der Waals surface area (Å²) in [5.74, 6) is 0. The highest BCUT2D eigenvalue weighted by atomic mass is 32.2. The number of rotatable bonds is 2. The van der Waals surface area contributed by atoms with Gasteiger partial charge in [-0.05, 0) is 12.2 Å². The van der Waals surface area contributed by atoms with Crippen LogP contribution in [0, 0.1) is 0 Å².